The van der Waals surface area contributed by atoms with Gasteiger partial charge in [0.25, 0.3) is 0 Å². The largest absolute Gasteiger partial charge is 0.378 e. The molecule has 0 saturated carbocycles. The van der Waals surface area contributed by atoms with Crippen LogP contribution in [-0.2, 0) is 27.6 Å². The maximum atomic E-state index is 11.8. The Labute approximate surface area is 138 Å². The third kappa shape index (κ3) is 5.54. The molecule has 0 spiro atoms. The van der Waals surface area contributed by atoms with E-state index in [4.69, 9.17) is 9.26 Å². The molecule has 1 aliphatic rings. The highest BCUT2D eigenvalue weighted by Crippen LogP contribution is 2.17. The van der Waals surface area contributed by atoms with Gasteiger partial charge in [-0.3, -0.25) is 0 Å². The molecule has 0 radical (unpaired) electrons. The third-order valence-corrected chi connectivity index (χ3v) is 5.81. The topological polar surface area (TPSA) is 85.5 Å². The van der Waals surface area contributed by atoms with Gasteiger partial charge >= 0.3 is 0 Å². The van der Waals surface area contributed by atoms with E-state index in [0.717, 1.165) is 19.3 Å². The van der Waals surface area contributed by atoms with Crippen molar-refractivity contribution in [2.24, 2.45) is 5.92 Å². The van der Waals surface area contributed by atoms with Crippen molar-refractivity contribution in [1.82, 2.24) is 14.4 Å². The van der Waals surface area contributed by atoms with Crippen LogP contribution in [0.1, 0.15) is 45.3 Å². The van der Waals surface area contributed by atoms with Crippen molar-refractivity contribution >= 4 is 10.0 Å². The van der Waals surface area contributed by atoms with Gasteiger partial charge in [-0.2, -0.15) is 4.98 Å². The number of sulfonamides is 1. The summed E-state index contributed by atoms with van der Waals surface area (Å²) in [4.78, 5) is 4.34. The minimum absolute atomic E-state index is 0.111. The fraction of sp³-hybridized carbons (Fsp3) is 0.867. The van der Waals surface area contributed by atoms with Gasteiger partial charge in [0, 0.05) is 25.9 Å². The number of hydrogen-bond acceptors (Lipinski definition) is 6. The van der Waals surface area contributed by atoms with Crippen LogP contribution in [0.25, 0.3) is 0 Å². The van der Waals surface area contributed by atoms with Crippen LogP contribution in [0.4, 0.5) is 0 Å². The van der Waals surface area contributed by atoms with E-state index in [1.54, 1.807) is 11.2 Å². The van der Waals surface area contributed by atoms with Gasteiger partial charge in [-0.15, -0.1) is 0 Å². The number of nitrogens with zero attached hydrogens (tertiary/aromatic N) is 3. The van der Waals surface area contributed by atoms with Gasteiger partial charge in [-0.05, 0) is 25.7 Å². The second-order valence-electron chi connectivity index (χ2n) is 6.32. The van der Waals surface area contributed by atoms with Crippen LogP contribution in [0.5, 0.6) is 0 Å². The first kappa shape index (κ1) is 18.4. The summed E-state index contributed by atoms with van der Waals surface area (Å²) in [6.07, 6.45) is 3.00. The van der Waals surface area contributed by atoms with Crippen LogP contribution in [-0.4, -0.2) is 54.4 Å². The highest BCUT2D eigenvalue weighted by Gasteiger charge is 2.26. The second-order valence-corrected chi connectivity index (χ2v) is 8.58. The van der Waals surface area contributed by atoms with Crippen molar-refractivity contribution in [2.75, 3.05) is 25.4 Å². The van der Waals surface area contributed by atoms with E-state index in [1.165, 1.54) is 0 Å². The Hall–Kier alpha value is -0.990. The summed E-state index contributed by atoms with van der Waals surface area (Å²) >= 11 is 0. The lowest BCUT2D eigenvalue weighted by molar-refractivity contribution is 0.0222. The molecule has 1 aromatic rings. The van der Waals surface area contributed by atoms with Crippen LogP contribution in [0.15, 0.2) is 4.52 Å². The molecule has 2 heterocycles. The molecule has 8 heteroatoms. The fourth-order valence-electron chi connectivity index (χ4n) is 2.60. The van der Waals surface area contributed by atoms with Gasteiger partial charge < -0.3 is 9.26 Å². The van der Waals surface area contributed by atoms with E-state index >= 15 is 0 Å². The molecule has 0 atom stereocenters. The predicted molar refractivity (Wildman–Crippen MR) is 86.6 cm³/mol. The first-order valence-corrected chi connectivity index (χ1v) is 9.92. The number of hydrogen-bond donors (Lipinski definition) is 0. The molecule has 2 rings (SSSR count). The van der Waals surface area contributed by atoms with Gasteiger partial charge in [0.15, 0.2) is 5.82 Å². The molecule has 1 aliphatic heterocycles. The van der Waals surface area contributed by atoms with E-state index in [2.05, 4.69) is 24.0 Å². The Balaban J connectivity index is 1.69. The standard InChI is InChI=1S/C15H27N3O4S/c1-4-23(19,20)18-8-5-13(6-9-18)21-10-7-14-16-15(22-17-14)11-12(2)3/h12-13H,4-11H2,1-3H3. The molecule has 23 heavy (non-hydrogen) atoms. The first-order valence-electron chi connectivity index (χ1n) is 8.31. The lowest BCUT2D eigenvalue weighted by Crippen LogP contribution is -2.41. The maximum absolute atomic E-state index is 11.8. The highest BCUT2D eigenvalue weighted by molar-refractivity contribution is 7.89. The van der Waals surface area contributed by atoms with Crippen molar-refractivity contribution < 1.29 is 17.7 Å². The number of aromatic nitrogens is 2. The minimum atomic E-state index is -3.07. The van der Waals surface area contributed by atoms with Crippen molar-refractivity contribution in [2.45, 2.75) is 52.6 Å². The minimum Gasteiger partial charge on any atom is -0.378 e. The van der Waals surface area contributed by atoms with Gasteiger partial charge in [-0.25, -0.2) is 12.7 Å². The average Bonchev–Trinajstić information content (AvgIpc) is 2.94. The zero-order valence-corrected chi connectivity index (χ0v) is 15.0. The Morgan fingerprint density at radius 2 is 2.04 bits per heavy atom. The molecule has 0 amide bonds. The Bertz CT molecular complexity index is 577. The van der Waals surface area contributed by atoms with E-state index < -0.39 is 10.0 Å². The molecule has 7 nitrogen and oxygen atoms in total. The summed E-state index contributed by atoms with van der Waals surface area (Å²) in [6, 6.07) is 0. The molecular formula is C15H27N3O4S. The van der Waals surface area contributed by atoms with Crippen LogP contribution in [0, 0.1) is 5.92 Å². The van der Waals surface area contributed by atoms with Crippen molar-refractivity contribution in [3.05, 3.63) is 11.7 Å². The molecule has 0 N–H and O–H groups in total. The first-order chi connectivity index (χ1) is 10.9. The molecule has 0 bridgehead atoms. The lowest BCUT2D eigenvalue weighted by atomic mass is 10.1. The zero-order chi connectivity index (χ0) is 16.9. The quantitative estimate of drug-likeness (QED) is 0.712. The molecule has 1 aromatic heterocycles. The Kier molecular flexibility index (Phi) is 6.55. The van der Waals surface area contributed by atoms with E-state index in [-0.39, 0.29) is 11.9 Å². The van der Waals surface area contributed by atoms with E-state index in [9.17, 15) is 8.42 Å². The summed E-state index contributed by atoms with van der Waals surface area (Å²) in [5.74, 6) is 2.00. The average molecular weight is 345 g/mol. The monoisotopic (exact) mass is 345 g/mol. The lowest BCUT2D eigenvalue weighted by Gasteiger charge is -2.30. The van der Waals surface area contributed by atoms with E-state index in [0.29, 0.717) is 43.8 Å². The Morgan fingerprint density at radius 1 is 1.35 bits per heavy atom. The summed E-state index contributed by atoms with van der Waals surface area (Å²) in [5.41, 5.74) is 0. The van der Waals surface area contributed by atoms with E-state index in [1.807, 2.05) is 0 Å². The number of ether oxygens (including phenoxy) is 1. The van der Waals surface area contributed by atoms with Gasteiger partial charge in [0.05, 0.1) is 18.5 Å². The van der Waals surface area contributed by atoms with Gasteiger partial charge in [0.2, 0.25) is 15.9 Å². The van der Waals surface area contributed by atoms with Crippen molar-refractivity contribution in [1.29, 1.82) is 0 Å². The molecular weight excluding hydrogens is 318 g/mol. The summed E-state index contributed by atoms with van der Waals surface area (Å²) in [6.45, 7) is 7.52. The molecule has 0 unspecified atom stereocenters. The smallest absolute Gasteiger partial charge is 0.226 e. The molecule has 132 valence electrons. The summed E-state index contributed by atoms with van der Waals surface area (Å²) in [5, 5.41) is 3.95. The predicted octanol–water partition coefficient (Wildman–Crippen LogP) is 1.64. The highest BCUT2D eigenvalue weighted by atomic mass is 32.2. The normalized spacial score (nSPS) is 17.9. The summed E-state index contributed by atoms with van der Waals surface area (Å²) < 4.78 is 36.2. The third-order valence-electron chi connectivity index (χ3n) is 3.93. The summed E-state index contributed by atoms with van der Waals surface area (Å²) in [7, 11) is -3.07. The van der Waals surface area contributed by atoms with Crippen LogP contribution < -0.4 is 0 Å². The molecule has 1 fully saturated rings. The molecule has 0 aliphatic carbocycles. The van der Waals surface area contributed by atoms with Crippen LogP contribution in [0.3, 0.4) is 0 Å². The number of piperidine rings is 1. The van der Waals surface area contributed by atoms with Crippen molar-refractivity contribution in [3.63, 3.8) is 0 Å². The second kappa shape index (κ2) is 8.21. The SMILES string of the molecule is CCS(=O)(=O)N1CCC(OCCc2noc(CC(C)C)n2)CC1. The molecule has 0 aromatic carbocycles. The molecule has 1 saturated heterocycles. The maximum Gasteiger partial charge on any atom is 0.226 e. The number of rotatable bonds is 8. The van der Waals surface area contributed by atoms with Gasteiger partial charge in [-0.1, -0.05) is 19.0 Å². The fourth-order valence-corrected chi connectivity index (χ4v) is 3.73. The Morgan fingerprint density at radius 3 is 2.65 bits per heavy atom. The van der Waals surface area contributed by atoms with Crippen molar-refractivity contribution in [3.8, 4) is 0 Å². The van der Waals surface area contributed by atoms with Crippen LogP contribution >= 0.6 is 0 Å². The van der Waals surface area contributed by atoms with Crippen LogP contribution in [0.2, 0.25) is 0 Å². The van der Waals surface area contributed by atoms with Gasteiger partial charge in [0.1, 0.15) is 0 Å². The zero-order valence-electron chi connectivity index (χ0n) is 14.2.